The third-order valence-corrected chi connectivity index (χ3v) is 8.82. The van der Waals surface area contributed by atoms with Crippen molar-refractivity contribution in [1.82, 2.24) is 0 Å². The number of hydrogen-bond donors (Lipinski definition) is 0. The summed E-state index contributed by atoms with van der Waals surface area (Å²) in [6, 6.07) is 0. The van der Waals surface area contributed by atoms with Crippen molar-refractivity contribution in [2.45, 2.75) is 219 Å². The fraction of sp³-hybridized carbons (Fsp3) is 0.946. The highest BCUT2D eigenvalue weighted by Gasteiger charge is 2.37. The lowest BCUT2D eigenvalue weighted by molar-refractivity contribution is -0.158. The standard InChI is InChI=1S/C37H70N2O4/c1-4-6-8-9-10-11-12-13-14-17-20-23-26-29-35(40)42-33-34(3)43-36(41)30-27-24-21-18-15-16-19-22-25-28-32-37(38-39-37)31-7-5-2/h34H,4-33H2,1-3H3. The summed E-state index contributed by atoms with van der Waals surface area (Å²) in [7, 11) is 0. The molecule has 0 aromatic carbocycles. The van der Waals surface area contributed by atoms with E-state index in [0.717, 1.165) is 38.5 Å². The Morgan fingerprint density at radius 3 is 1.33 bits per heavy atom. The number of unbranched alkanes of at least 4 members (excludes halogenated alkanes) is 22. The van der Waals surface area contributed by atoms with Crippen molar-refractivity contribution in [3.63, 3.8) is 0 Å². The van der Waals surface area contributed by atoms with Gasteiger partial charge in [0.25, 0.3) is 0 Å². The second kappa shape index (κ2) is 28.0. The van der Waals surface area contributed by atoms with Crippen molar-refractivity contribution in [2.75, 3.05) is 6.61 Å². The molecule has 0 radical (unpaired) electrons. The summed E-state index contributed by atoms with van der Waals surface area (Å²) in [6.45, 7) is 6.46. The van der Waals surface area contributed by atoms with Gasteiger partial charge in [-0.15, -0.1) is 0 Å². The van der Waals surface area contributed by atoms with E-state index in [1.807, 2.05) is 0 Å². The predicted molar refractivity (Wildman–Crippen MR) is 179 cm³/mol. The number of carbonyl (C=O) groups is 2. The van der Waals surface area contributed by atoms with Crippen LogP contribution in [-0.4, -0.2) is 30.3 Å². The van der Waals surface area contributed by atoms with E-state index in [4.69, 9.17) is 9.47 Å². The van der Waals surface area contributed by atoms with Crippen LogP contribution < -0.4 is 0 Å². The molecule has 0 fully saturated rings. The van der Waals surface area contributed by atoms with Crippen LogP contribution in [0.1, 0.15) is 207 Å². The molecular formula is C37H70N2O4. The summed E-state index contributed by atoms with van der Waals surface area (Å²) >= 11 is 0. The van der Waals surface area contributed by atoms with Crippen LogP contribution in [0.2, 0.25) is 0 Å². The second-order valence-electron chi connectivity index (χ2n) is 13.3. The normalized spacial score (nSPS) is 14.1. The topological polar surface area (TPSA) is 77.3 Å². The Kier molecular flexibility index (Phi) is 25.8. The van der Waals surface area contributed by atoms with Crippen molar-refractivity contribution in [3.8, 4) is 0 Å². The summed E-state index contributed by atoms with van der Waals surface area (Å²) in [5, 5.41) is 8.60. The highest BCUT2D eigenvalue weighted by molar-refractivity contribution is 5.70. The average Bonchev–Trinajstić information content (AvgIpc) is 3.77. The molecule has 0 N–H and O–H groups in total. The van der Waals surface area contributed by atoms with E-state index in [0.29, 0.717) is 12.8 Å². The van der Waals surface area contributed by atoms with Gasteiger partial charge in [0.05, 0.1) is 0 Å². The number of esters is 2. The molecule has 0 aromatic heterocycles. The lowest BCUT2D eigenvalue weighted by Crippen LogP contribution is -2.22. The largest absolute Gasteiger partial charge is 0.462 e. The molecule has 0 aliphatic carbocycles. The molecule has 0 amide bonds. The molecule has 6 heteroatoms. The van der Waals surface area contributed by atoms with Crippen molar-refractivity contribution < 1.29 is 19.1 Å². The van der Waals surface area contributed by atoms with E-state index in [1.165, 1.54) is 135 Å². The highest BCUT2D eigenvalue weighted by Crippen LogP contribution is 2.38. The van der Waals surface area contributed by atoms with Crippen LogP contribution in [0, 0.1) is 0 Å². The average molecular weight is 607 g/mol. The Balaban J connectivity index is 1.80. The first-order chi connectivity index (χ1) is 21.0. The Labute approximate surface area is 266 Å². The van der Waals surface area contributed by atoms with Crippen LogP contribution in [0.5, 0.6) is 0 Å². The first-order valence-electron chi connectivity index (χ1n) is 18.8. The molecule has 43 heavy (non-hydrogen) atoms. The molecule has 1 rings (SSSR count). The molecule has 252 valence electrons. The number of carbonyl (C=O) groups excluding carboxylic acids is 2. The first kappa shape index (κ1) is 39.6. The van der Waals surface area contributed by atoms with E-state index in [9.17, 15) is 9.59 Å². The molecule has 0 aromatic rings. The quantitative estimate of drug-likeness (QED) is 0.0550. The van der Waals surface area contributed by atoms with Gasteiger partial charge in [0.2, 0.25) is 0 Å². The third kappa shape index (κ3) is 25.6. The van der Waals surface area contributed by atoms with Gasteiger partial charge in [-0.05, 0) is 45.4 Å². The van der Waals surface area contributed by atoms with Crippen LogP contribution in [0.15, 0.2) is 10.2 Å². The van der Waals surface area contributed by atoms with Gasteiger partial charge in [-0.3, -0.25) is 9.59 Å². The summed E-state index contributed by atoms with van der Waals surface area (Å²) in [6.07, 6.45) is 34.3. The van der Waals surface area contributed by atoms with E-state index in [2.05, 4.69) is 24.1 Å². The van der Waals surface area contributed by atoms with Crippen molar-refractivity contribution in [2.24, 2.45) is 10.2 Å². The van der Waals surface area contributed by atoms with Gasteiger partial charge in [0.1, 0.15) is 12.7 Å². The summed E-state index contributed by atoms with van der Waals surface area (Å²) in [5.41, 5.74) is 0.0264. The Morgan fingerprint density at radius 1 is 0.512 bits per heavy atom. The van der Waals surface area contributed by atoms with Gasteiger partial charge < -0.3 is 9.47 Å². The van der Waals surface area contributed by atoms with Crippen molar-refractivity contribution in [1.29, 1.82) is 0 Å². The molecule has 0 saturated carbocycles. The molecule has 1 aliphatic rings. The number of ether oxygens (including phenoxy) is 2. The summed E-state index contributed by atoms with van der Waals surface area (Å²) in [4.78, 5) is 24.1. The van der Waals surface area contributed by atoms with Gasteiger partial charge >= 0.3 is 11.9 Å². The smallest absolute Gasteiger partial charge is 0.306 e. The van der Waals surface area contributed by atoms with Crippen molar-refractivity contribution in [3.05, 3.63) is 0 Å². The molecule has 6 nitrogen and oxygen atoms in total. The zero-order valence-corrected chi connectivity index (χ0v) is 28.8. The predicted octanol–water partition coefficient (Wildman–Crippen LogP) is 12.0. The van der Waals surface area contributed by atoms with Crippen LogP contribution in [-0.2, 0) is 19.1 Å². The SMILES string of the molecule is CCCCCCCCCCCCCCCC(=O)OCC(C)OC(=O)CCCCCCCCCCCCC1(CCCC)N=N1. The van der Waals surface area contributed by atoms with Crippen LogP contribution in [0.25, 0.3) is 0 Å². The van der Waals surface area contributed by atoms with Crippen LogP contribution >= 0.6 is 0 Å². The maximum Gasteiger partial charge on any atom is 0.306 e. The number of nitrogens with zero attached hydrogens (tertiary/aromatic N) is 2. The summed E-state index contributed by atoms with van der Waals surface area (Å²) in [5.74, 6) is -0.352. The molecule has 1 heterocycles. The van der Waals surface area contributed by atoms with E-state index in [1.54, 1.807) is 6.92 Å². The molecule has 0 spiro atoms. The first-order valence-corrected chi connectivity index (χ1v) is 18.8. The fourth-order valence-electron chi connectivity index (χ4n) is 5.83. The molecule has 0 bridgehead atoms. The van der Waals surface area contributed by atoms with Crippen LogP contribution in [0.3, 0.4) is 0 Å². The maximum absolute atomic E-state index is 12.1. The monoisotopic (exact) mass is 607 g/mol. The lowest BCUT2D eigenvalue weighted by atomic mass is 9.98. The van der Waals surface area contributed by atoms with Gasteiger partial charge in [-0.2, -0.15) is 10.2 Å². The Morgan fingerprint density at radius 2 is 0.884 bits per heavy atom. The minimum absolute atomic E-state index is 0.0264. The molecule has 0 saturated heterocycles. The zero-order chi connectivity index (χ0) is 31.3. The fourth-order valence-corrected chi connectivity index (χ4v) is 5.83. The third-order valence-electron chi connectivity index (χ3n) is 8.82. The minimum Gasteiger partial charge on any atom is -0.462 e. The van der Waals surface area contributed by atoms with Gasteiger partial charge in [-0.1, -0.05) is 149 Å². The summed E-state index contributed by atoms with van der Waals surface area (Å²) < 4.78 is 10.8. The second-order valence-corrected chi connectivity index (χ2v) is 13.3. The molecule has 1 aliphatic heterocycles. The van der Waals surface area contributed by atoms with E-state index >= 15 is 0 Å². The molecule has 1 atom stereocenters. The Bertz CT molecular complexity index is 690. The number of rotatable bonds is 33. The van der Waals surface area contributed by atoms with Gasteiger partial charge in [-0.25, -0.2) is 0 Å². The highest BCUT2D eigenvalue weighted by atomic mass is 16.6. The lowest BCUT2D eigenvalue weighted by Gasteiger charge is -2.13. The van der Waals surface area contributed by atoms with E-state index in [-0.39, 0.29) is 30.3 Å². The molecule has 1 unspecified atom stereocenters. The maximum atomic E-state index is 12.1. The molecular weight excluding hydrogens is 536 g/mol. The van der Waals surface area contributed by atoms with Gasteiger partial charge in [0.15, 0.2) is 5.66 Å². The Hall–Kier alpha value is -1.46. The number of hydrogen-bond acceptors (Lipinski definition) is 6. The van der Waals surface area contributed by atoms with Crippen molar-refractivity contribution >= 4 is 11.9 Å². The van der Waals surface area contributed by atoms with Crippen LogP contribution in [0.4, 0.5) is 0 Å². The van der Waals surface area contributed by atoms with Gasteiger partial charge in [0, 0.05) is 12.8 Å². The minimum atomic E-state index is -0.377. The zero-order valence-electron chi connectivity index (χ0n) is 28.8. The van der Waals surface area contributed by atoms with E-state index < -0.39 is 0 Å².